The molecule has 2 N–H and O–H groups in total. The summed E-state index contributed by atoms with van der Waals surface area (Å²) in [7, 11) is 0. The van der Waals surface area contributed by atoms with E-state index in [1.807, 2.05) is 18.2 Å². The Bertz CT molecular complexity index is 440. The Labute approximate surface area is 119 Å². The molecule has 2 fully saturated rings. The topological polar surface area (TPSA) is 38.5 Å². The predicted octanol–water partition coefficient (Wildman–Crippen LogP) is 2.59. The molecule has 0 aromatic heterocycles. The van der Waals surface area contributed by atoms with E-state index in [0.29, 0.717) is 18.7 Å². The number of nitrogens with zero attached hydrogens (tertiary/aromatic N) is 1. The first-order valence-corrected chi connectivity index (χ1v) is 7.50. The highest BCUT2D eigenvalue weighted by Gasteiger charge is 2.39. The number of ether oxygens (including phenoxy) is 1. The van der Waals surface area contributed by atoms with E-state index >= 15 is 0 Å². The molecule has 3 rings (SSSR count). The van der Waals surface area contributed by atoms with Gasteiger partial charge in [-0.25, -0.2) is 0 Å². The average Bonchev–Trinajstić information content (AvgIpc) is 2.89. The summed E-state index contributed by atoms with van der Waals surface area (Å²) in [6, 6.07) is 8.87. The quantitative estimate of drug-likeness (QED) is 0.925. The fourth-order valence-corrected chi connectivity index (χ4v) is 3.72. The Morgan fingerprint density at radius 1 is 1.42 bits per heavy atom. The number of rotatable bonds is 3. The van der Waals surface area contributed by atoms with Crippen LogP contribution in [0.25, 0.3) is 0 Å². The highest BCUT2D eigenvalue weighted by Crippen LogP contribution is 2.35. The van der Waals surface area contributed by atoms with E-state index in [-0.39, 0.29) is 6.04 Å². The van der Waals surface area contributed by atoms with E-state index < -0.39 is 0 Å². The highest BCUT2D eigenvalue weighted by atomic mass is 35.5. The molecule has 2 aliphatic rings. The van der Waals surface area contributed by atoms with Crippen LogP contribution in [-0.2, 0) is 4.74 Å². The molecule has 19 heavy (non-hydrogen) atoms. The molecule has 0 spiro atoms. The fraction of sp³-hybridized carbons (Fsp3) is 0.600. The van der Waals surface area contributed by atoms with Gasteiger partial charge in [-0.2, -0.15) is 0 Å². The predicted molar refractivity (Wildman–Crippen MR) is 77.3 cm³/mol. The summed E-state index contributed by atoms with van der Waals surface area (Å²) in [4.78, 5) is 2.53. The molecule has 3 unspecified atom stereocenters. The first-order chi connectivity index (χ1) is 9.29. The normalized spacial score (nSPS) is 29.2. The van der Waals surface area contributed by atoms with Crippen LogP contribution in [0.2, 0.25) is 5.02 Å². The second-order valence-electron chi connectivity index (χ2n) is 5.45. The summed E-state index contributed by atoms with van der Waals surface area (Å²) in [6.07, 6.45) is 4.08. The molecule has 1 aromatic rings. The molecule has 1 aliphatic carbocycles. The van der Waals surface area contributed by atoms with Crippen molar-refractivity contribution in [3.8, 4) is 0 Å². The van der Waals surface area contributed by atoms with Crippen LogP contribution in [0.3, 0.4) is 0 Å². The van der Waals surface area contributed by atoms with E-state index in [2.05, 4.69) is 11.0 Å². The lowest BCUT2D eigenvalue weighted by molar-refractivity contribution is -0.0711. The molecule has 1 aromatic carbocycles. The zero-order valence-corrected chi connectivity index (χ0v) is 11.9. The molecule has 4 heteroatoms. The van der Waals surface area contributed by atoms with E-state index in [9.17, 15) is 0 Å². The standard InChI is InChI=1S/C15H21ClN2O/c16-12-4-1-3-11(9-12)14(10-17)18-7-8-19-15-6-2-5-13(15)18/h1,3-4,9,13-15H,2,5-8,10,17H2. The van der Waals surface area contributed by atoms with Crippen LogP contribution >= 0.6 is 11.6 Å². The molecule has 3 nitrogen and oxygen atoms in total. The van der Waals surface area contributed by atoms with Crippen LogP contribution in [0.4, 0.5) is 0 Å². The summed E-state index contributed by atoms with van der Waals surface area (Å²) in [5.74, 6) is 0. The lowest BCUT2D eigenvalue weighted by Crippen LogP contribution is -2.51. The largest absolute Gasteiger partial charge is 0.375 e. The van der Waals surface area contributed by atoms with Gasteiger partial charge in [0, 0.05) is 30.2 Å². The van der Waals surface area contributed by atoms with Gasteiger partial charge in [-0.3, -0.25) is 4.90 Å². The Morgan fingerprint density at radius 3 is 3.11 bits per heavy atom. The minimum absolute atomic E-state index is 0.258. The second kappa shape index (κ2) is 5.80. The summed E-state index contributed by atoms with van der Waals surface area (Å²) < 4.78 is 5.88. The van der Waals surface area contributed by atoms with Crippen molar-refractivity contribution in [2.45, 2.75) is 37.5 Å². The Kier molecular flexibility index (Phi) is 4.08. The maximum atomic E-state index is 6.11. The van der Waals surface area contributed by atoms with E-state index in [1.54, 1.807) is 0 Å². The molecule has 1 saturated carbocycles. The van der Waals surface area contributed by atoms with Crippen LogP contribution in [0.1, 0.15) is 30.9 Å². The van der Waals surface area contributed by atoms with Gasteiger partial charge >= 0.3 is 0 Å². The van der Waals surface area contributed by atoms with E-state index in [1.165, 1.54) is 24.8 Å². The van der Waals surface area contributed by atoms with Crippen LogP contribution < -0.4 is 5.73 Å². The van der Waals surface area contributed by atoms with Gasteiger partial charge in [0.2, 0.25) is 0 Å². The number of nitrogens with two attached hydrogens (primary N) is 1. The fourth-order valence-electron chi connectivity index (χ4n) is 3.52. The summed E-state index contributed by atoms with van der Waals surface area (Å²) in [6.45, 7) is 2.41. The maximum Gasteiger partial charge on any atom is 0.0731 e. The van der Waals surface area contributed by atoms with Gasteiger partial charge < -0.3 is 10.5 Å². The lowest BCUT2D eigenvalue weighted by Gasteiger charge is -2.42. The molecular weight excluding hydrogens is 260 g/mol. The lowest BCUT2D eigenvalue weighted by atomic mass is 10.0. The van der Waals surface area contributed by atoms with Gasteiger partial charge in [-0.15, -0.1) is 0 Å². The van der Waals surface area contributed by atoms with Crippen LogP contribution in [0, 0.1) is 0 Å². The summed E-state index contributed by atoms with van der Waals surface area (Å²) in [5.41, 5.74) is 7.27. The van der Waals surface area contributed by atoms with Crippen molar-refractivity contribution in [1.82, 2.24) is 4.90 Å². The third kappa shape index (κ3) is 2.65. The van der Waals surface area contributed by atoms with Gasteiger partial charge in [0.05, 0.1) is 12.7 Å². The molecule has 104 valence electrons. The first kappa shape index (κ1) is 13.4. The van der Waals surface area contributed by atoms with Gasteiger partial charge in [-0.1, -0.05) is 23.7 Å². The van der Waals surface area contributed by atoms with Gasteiger partial charge in [-0.05, 0) is 37.0 Å². The molecule has 0 amide bonds. The van der Waals surface area contributed by atoms with Crippen molar-refractivity contribution < 1.29 is 4.74 Å². The van der Waals surface area contributed by atoms with Crippen LogP contribution in [0.5, 0.6) is 0 Å². The van der Waals surface area contributed by atoms with Crippen molar-refractivity contribution in [3.05, 3.63) is 34.9 Å². The Hall–Kier alpha value is -0.610. The maximum absolute atomic E-state index is 6.11. The van der Waals surface area contributed by atoms with Gasteiger partial charge in [0.25, 0.3) is 0 Å². The number of halogens is 1. The monoisotopic (exact) mass is 280 g/mol. The minimum Gasteiger partial charge on any atom is -0.375 e. The number of hydrogen-bond acceptors (Lipinski definition) is 3. The molecule has 0 radical (unpaired) electrons. The number of morpholine rings is 1. The smallest absolute Gasteiger partial charge is 0.0731 e. The van der Waals surface area contributed by atoms with Gasteiger partial charge in [0.15, 0.2) is 0 Å². The van der Waals surface area contributed by atoms with E-state index in [0.717, 1.165) is 18.2 Å². The molecule has 0 bridgehead atoms. The molecule has 1 saturated heterocycles. The number of hydrogen-bond donors (Lipinski definition) is 1. The third-order valence-electron chi connectivity index (χ3n) is 4.38. The van der Waals surface area contributed by atoms with Crippen LogP contribution in [-0.4, -0.2) is 36.7 Å². The zero-order valence-electron chi connectivity index (χ0n) is 11.1. The third-order valence-corrected chi connectivity index (χ3v) is 4.62. The first-order valence-electron chi connectivity index (χ1n) is 7.12. The number of fused-ring (bicyclic) bond motifs is 1. The highest BCUT2D eigenvalue weighted by molar-refractivity contribution is 6.30. The second-order valence-corrected chi connectivity index (χ2v) is 5.89. The zero-order chi connectivity index (χ0) is 13.2. The SMILES string of the molecule is NCC(c1cccc(Cl)c1)N1CCOC2CCCC21. The molecule has 3 atom stereocenters. The van der Waals surface area contributed by atoms with Crippen molar-refractivity contribution in [2.24, 2.45) is 5.73 Å². The van der Waals surface area contributed by atoms with Crippen molar-refractivity contribution in [2.75, 3.05) is 19.7 Å². The molecule has 1 aliphatic heterocycles. The number of benzene rings is 1. The summed E-state index contributed by atoms with van der Waals surface area (Å²) in [5, 5.41) is 0.784. The molecular formula is C15H21ClN2O. The minimum atomic E-state index is 0.258. The Balaban J connectivity index is 1.85. The van der Waals surface area contributed by atoms with Crippen LogP contribution in [0.15, 0.2) is 24.3 Å². The van der Waals surface area contributed by atoms with Gasteiger partial charge in [0.1, 0.15) is 0 Å². The van der Waals surface area contributed by atoms with Crippen molar-refractivity contribution in [3.63, 3.8) is 0 Å². The summed E-state index contributed by atoms with van der Waals surface area (Å²) >= 11 is 6.11. The van der Waals surface area contributed by atoms with E-state index in [4.69, 9.17) is 22.1 Å². The van der Waals surface area contributed by atoms with Crippen molar-refractivity contribution >= 4 is 11.6 Å². The average molecular weight is 281 g/mol. The molecule has 1 heterocycles. The Morgan fingerprint density at radius 2 is 2.32 bits per heavy atom. The van der Waals surface area contributed by atoms with Crippen molar-refractivity contribution in [1.29, 1.82) is 0 Å².